The highest BCUT2D eigenvalue weighted by Crippen LogP contribution is 2.25. The van der Waals surface area contributed by atoms with Crippen LogP contribution in [-0.2, 0) is 9.84 Å². The van der Waals surface area contributed by atoms with Crippen molar-refractivity contribution in [2.45, 2.75) is 24.8 Å². The molecule has 2 rings (SSSR count). The van der Waals surface area contributed by atoms with Gasteiger partial charge in [0.25, 0.3) is 0 Å². The standard InChI is InChI=1S/C20H27NO5S/c1-15-5-4-6-18(11-15)25-10-9-21-13-17(22)14-26-19-12-16(2)7-8-20(19)27(3,23)24/h4-8,11-12,17,21-22H,9-10,13-14H2,1-3H3. The Morgan fingerprint density at radius 1 is 1.07 bits per heavy atom. The zero-order chi connectivity index (χ0) is 19.9. The van der Waals surface area contributed by atoms with Crippen molar-refractivity contribution in [3.8, 4) is 11.5 Å². The maximum absolute atomic E-state index is 11.8. The first-order valence-electron chi connectivity index (χ1n) is 8.77. The highest BCUT2D eigenvalue weighted by molar-refractivity contribution is 7.90. The number of rotatable bonds is 10. The Kier molecular flexibility index (Phi) is 7.65. The van der Waals surface area contributed by atoms with Crippen LogP contribution in [-0.4, -0.2) is 52.2 Å². The average molecular weight is 394 g/mol. The Hall–Kier alpha value is -2.09. The van der Waals surface area contributed by atoms with Crippen LogP contribution in [0.4, 0.5) is 0 Å². The molecule has 2 aromatic carbocycles. The van der Waals surface area contributed by atoms with Gasteiger partial charge in [-0.3, -0.25) is 0 Å². The monoisotopic (exact) mass is 393 g/mol. The normalized spacial score (nSPS) is 12.6. The van der Waals surface area contributed by atoms with Gasteiger partial charge in [0.1, 0.15) is 35.7 Å². The molecule has 2 N–H and O–H groups in total. The summed E-state index contributed by atoms with van der Waals surface area (Å²) >= 11 is 0. The summed E-state index contributed by atoms with van der Waals surface area (Å²) < 4.78 is 34.8. The van der Waals surface area contributed by atoms with E-state index in [0.717, 1.165) is 23.1 Å². The van der Waals surface area contributed by atoms with Crippen LogP contribution in [0.25, 0.3) is 0 Å². The first-order valence-corrected chi connectivity index (χ1v) is 10.7. The molecular weight excluding hydrogens is 366 g/mol. The van der Waals surface area contributed by atoms with Gasteiger partial charge in [0.2, 0.25) is 0 Å². The minimum Gasteiger partial charge on any atom is -0.492 e. The van der Waals surface area contributed by atoms with E-state index >= 15 is 0 Å². The van der Waals surface area contributed by atoms with Crippen LogP contribution in [0.1, 0.15) is 11.1 Å². The second-order valence-electron chi connectivity index (χ2n) is 6.56. The summed E-state index contributed by atoms with van der Waals surface area (Å²) in [5.41, 5.74) is 2.02. The number of sulfone groups is 1. The molecule has 0 radical (unpaired) electrons. The number of aryl methyl sites for hydroxylation is 2. The molecule has 0 aromatic heterocycles. The van der Waals surface area contributed by atoms with Gasteiger partial charge in [0, 0.05) is 19.3 Å². The molecule has 0 saturated carbocycles. The van der Waals surface area contributed by atoms with Gasteiger partial charge in [-0.25, -0.2) is 8.42 Å². The minimum atomic E-state index is -3.39. The number of aliphatic hydroxyl groups excluding tert-OH is 1. The summed E-state index contributed by atoms with van der Waals surface area (Å²) in [6.07, 6.45) is 0.369. The SMILES string of the molecule is Cc1cccc(OCCNCC(O)COc2cc(C)ccc2S(C)(=O)=O)c1. The van der Waals surface area contributed by atoms with E-state index in [1.807, 2.05) is 38.1 Å². The number of nitrogens with one attached hydrogen (secondary N) is 1. The Labute approximate surface area is 161 Å². The molecule has 0 amide bonds. The van der Waals surface area contributed by atoms with E-state index in [0.29, 0.717) is 19.7 Å². The van der Waals surface area contributed by atoms with Crippen molar-refractivity contribution in [2.75, 3.05) is 32.6 Å². The van der Waals surface area contributed by atoms with Crippen LogP contribution < -0.4 is 14.8 Å². The maximum Gasteiger partial charge on any atom is 0.179 e. The zero-order valence-corrected chi connectivity index (χ0v) is 16.8. The summed E-state index contributed by atoms with van der Waals surface area (Å²) in [6.45, 7) is 5.22. The van der Waals surface area contributed by atoms with E-state index in [1.54, 1.807) is 12.1 Å². The summed E-state index contributed by atoms with van der Waals surface area (Å²) in [4.78, 5) is 0.125. The number of benzene rings is 2. The van der Waals surface area contributed by atoms with E-state index in [-0.39, 0.29) is 17.3 Å². The molecular formula is C20H27NO5S. The lowest BCUT2D eigenvalue weighted by Crippen LogP contribution is -2.33. The topological polar surface area (TPSA) is 84.9 Å². The van der Waals surface area contributed by atoms with Gasteiger partial charge in [0.15, 0.2) is 9.84 Å². The van der Waals surface area contributed by atoms with Crippen molar-refractivity contribution in [2.24, 2.45) is 0 Å². The lowest BCUT2D eigenvalue weighted by molar-refractivity contribution is 0.104. The Bertz CT molecular complexity index is 851. The minimum absolute atomic E-state index is 0.00227. The molecule has 2 aromatic rings. The van der Waals surface area contributed by atoms with E-state index < -0.39 is 15.9 Å². The quantitative estimate of drug-likeness (QED) is 0.602. The summed E-state index contributed by atoms with van der Waals surface area (Å²) in [6, 6.07) is 12.7. The molecule has 0 aliphatic carbocycles. The second-order valence-corrected chi connectivity index (χ2v) is 8.54. The van der Waals surface area contributed by atoms with Crippen molar-refractivity contribution >= 4 is 9.84 Å². The van der Waals surface area contributed by atoms with Crippen molar-refractivity contribution < 1.29 is 23.0 Å². The van der Waals surface area contributed by atoms with Gasteiger partial charge in [-0.05, 0) is 49.2 Å². The van der Waals surface area contributed by atoms with Crippen LogP contribution in [0.15, 0.2) is 47.4 Å². The summed E-state index contributed by atoms with van der Waals surface area (Å²) in [5, 5.41) is 13.1. The van der Waals surface area contributed by atoms with Gasteiger partial charge >= 0.3 is 0 Å². The third-order valence-corrected chi connectivity index (χ3v) is 4.98. The third kappa shape index (κ3) is 7.21. The molecule has 7 heteroatoms. The zero-order valence-electron chi connectivity index (χ0n) is 15.9. The van der Waals surface area contributed by atoms with Crippen molar-refractivity contribution in [1.82, 2.24) is 5.32 Å². The van der Waals surface area contributed by atoms with E-state index in [4.69, 9.17) is 9.47 Å². The highest BCUT2D eigenvalue weighted by Gasteiger charge is 2.15. The van der Waals surface area contributed by atoms with Gasteiger partial charge in [-0.1, -0.05) is 18.2 Å². The van der Waals surface area contributed by atoms with Crippen LogP contribution in [0.3, 0.4) is 0 Å². The van der Waals surface area contributed by atoms with Crippen LogP contribution >= 0.6 is 0 Å². The Morgan fingerprint density at radius 3 is 2.52 bits per heavy atom. The van der Waals surface area contributed by atoms with E-state index in [2.05, 4.69) is 5.32 Å². The molecule has 0 spiro atoms. The van der Waals surface area contributed by atoms with Gasteiger partial charge in [-0.2, -0.15) is 0 Å². The molecule has 1 atom stereocenters. The molecule has 0 fully saturated rings. The molecule has 1 unspecified atom stereocenters. The summed E-state index contributed by atoms with van der Waals surface area (Å²) in [5.74, 6) is 1.08. The molecule has 0 saturated heterocycles. The summed E-state index contributed by atoms with van der Waals surface area (Å²) in [7, 11) is -3.39. The van der Waals surface area contributed by atoms with Gasteiger partial charge in [0.05, 0.1) is 0 Å². The number of hydrogen-bond donors (Lipinski definition) is 2. The number of aliphatic hydroxyl groups is 1. The second kappa shape index (κ2) is 9.73. The van der Waals surface area contributed by atoms with Crippen LogP contribution in [0.2, 0.25) is 0 Å². The Balaban J connectivity index is 1.74. The molecule has 0 bridgehead atoms. The predicted molar refractivity (Wildman–Crippen MR) is 105 cm³/mol. The molecule has 0 heterocycles. The lowest BCUT2D eigenvalue weighted by atomic mass is 10.2. The number of ether oxygens (including phenoxy) is 2. The average Bonchev–Trinajstić information content (AvgIpc) is 2.58. The molecule has 0 aliphatic heterocycles. The third-order valence-electron chi connectivity index (χ3n) is 3.85. The lowest BCUT2D eigenvalue weighted by Gasteiger charge is -2.16. The predicted octanol–water partition coefficient (Wildman–Crippen LogP) is 2.12. The first kappa shape index (κ1) is 21.2. The van der Waals surface area contributed by atoms with Crippen molar-refractivity contribution in [1.29, 1.82) is 0 Å². The van der Waals surface area contributed by atoms with Crippen molar-refractivity contribution in [3.05, 3.63) is 53.6 Å². The number of hydrogen-bond acceptors (Lipinski definition) is 6. The molecule has 0 aliphatic rings. The smallest absolute Gasteiger partial charge is 0.179 e. The van der Waals surface area contributed by atoms with E-state index in [9.17, 15) is 13.5 Å². The first-order chi connectivity index (χ1) is 12.8. The highest BCUT2D eigenvalue weighted by atomic mass is 32.2. The fraction of sp³-hybridized carbons (Fsp3) is 0.400. The fourth-order valence-corrected chi connectivity index (χ4v) is 3.29. The largest absolute Gasteiger partial charge is 0.492 e. The van der Waals surface area contributed by atoms with Crippen LogP contribution in [0.5, 0.6) is 11.5 Å². The maximum atomic E-state index is 11.8. The van der Waals surface area contributed by atoms with Gasteiger partial charge < -0.3 is 19.9 Å². The van der Waals surface area contributed by atoms with Crippen molar-refractivity contribution in [3.63, 3.8) is 0 Å². The van der Waals surface area contributed by atoms with E-state index in [1.165, 1.54) is 6.07 Å². The van der Waals surface area contributed by atoms with Gasteiger partial charge in [-0.15, -0.1) is 0 Å². The fourth-order valence-electron chi connectivity index (χ4n) is 2.49. The van der Waals surface area contributed by atoms with Crippen LogP contribution in [0, 0.1) is 13.8 Å². The molecule has 27 heavy (non-hydrogen) atoms. The Morgan fingerprint density at radius 2 is 1.81 bits per heavy atom. The molecule has 148 valence electrons. The molecule has 6 nitrogen and oxygen atoms in total.